The Hall–Kier alpha value is -2.04. The third-order valence-electron chi connectivity index (χ3n) is 3.61. The number of amides is 1. The van der Waals surface area contributed by atoms with E-state index < -0.39 is 5.97 Å². The van der Waals surface area contributed by atoms with E-state index in [1.165, 1.54) is 7.11 Å². The number of carbonyl (C=O) groups excluding carboxylic acids is 1. The first-order valence-electron chi connectivity index (χ1n) is 6.76. The fourth-order valence-corrected chi connectivity index (χ4v) is 2.65. The maximum atomic E-state index is 12.5. The molecule has 0 saturated carbocycles. The number of nitrogens with zero attached hydrogens (tertiary/aromatic N) is 1. The van der Waals surface area contributed by atoms with E-state index in [1.807, 2.05) is 6.07 Å². The van der Waals surface area contributed by atoms with Crippen molar-refractivity contribution >= 4 is 11.9 Å². The second kappa shape index (κ2) is 6.41. The van der Waals surface area contributed by atoms with Gasteiger partial charge in [0.1, 0.15) is 5.75 Å². The number of ether oxygens (including phenoxy) is 1. The summed E-state index contributed by atoms with van der Waals surface area (Å²) >= 11 is 0. The lowest BCUT2D eigenvalue weighted by Gasteiger charge is -2.32. The lowest BCUT2D eigenvalue weighted by molar-refractivity contribution is -0.138. The van der Waals surface area contributed by atoms with E-state index in [2.05, 4.69) is 0 Å². The summed E-state index contributed by atoms with van der Waals surface area (Å²) in [6.07, 6.45) is 1.83. The number of methoxy groups -OCH3 is 1. The molecule has 0 spiro atoms. The SMILES string of the molecule is COc1ccccc1C(=O)N1CCCC(CC(=O)O)C1. The Morgan fingerprint density at radius 3 is 2.85 bits per heavy atom. The van der Waals surface area contributed by atoms with E-state index >= 15 is 0 Å². The van der Waals surface area contributed by atoms with Crippen LogP contribution in [0.2, 0.25) is 0 Å². The quantitative estimate of drug-likeness (QED) is 0.914. The van der Waals surface area contributed by atoms with Crippen LogP contribution in [0.5, 0.6) is 5.75 Å². The Bertz CT molecular complexity index is 500. The maximum Gasteiger partial charge on any atom is 0.303 e. The fraction of sp³-hybridized carbons (Fsp3) is 0.467. The van der Waals surface area contributed by atoms with Crippen LogP contribution in [0.4, 0.5) is 0 Å². The van der Waals surface area contributed by atoms with Crippen LogP contribution >= 0.6 is 0 Å². The van der Waals surface area contributed by atoms with Crippen LogP contribution in [0.25, 0.3) is 0 Å². The summed E-state index contributed by atoms with van der Waals surface area (Å²) in [5.74, 6) is -0.295. The minimum Gasteiger partial charge on any atom is -0.496 e. The molecule has 1 saturated heterocycles. The second-order valence-corrected chi connectivity index (χ2v) is 5.06. The summed E-state index contributed by atoms with van der Waals surface area (Å²) in [6, 6.07) is 7.11. The standard InChI is InChI=1S/C15H19NO4/c1-20-13-7-3-2-6-12(13)15(19)16-8-4-5-11(10-16)9-14(17)18/h2-3,6-7,11H,4-5,8-10H2,1H3,(H,17,18). The number of benzene rings is 1. The van der Waals surface area contributed by atoms with Crippen molar-refractivity contribution in [3.63, 3.8) is 0 Å². The van der Waals surface area contributed by atoms with Crippen molar-refractivity contribution in [3.8, 4) is 5.75 Å². The molecule has 0 radical (unpaired) electrons. The first-order chi connectivity index (χ1) is 9.61. The van der Waals surface area contributed by atoms with Crippen molar-refractivity contribution < 1.29 is 19.4 Å². The lowest BCUT2D eigenvalue weighted by Crippen LogP contribution is -2.40. The highest BCUT2D eigenvalue weighted by atomic mass is 16.5. The molecule has 0 bridgehead atoms. The van der Waals surface area contributed by atoms with Crippen molar-refractivity contribution in [2.45, 2.75) is 19.3 Å². The Labute approximate surface area is 118 Å². The molecule has 1 heterocycles. The molecule has 20 heavy (non-hydrogen) atoms. The summed E-state index contributed by atoms with van der Waals surface area (Å²) in [7, 11) is 1.54. The third-order valence-corrected chi connectivity index (χ3v) is 3.61. The van der Waals surface area contributed by atoms with E-state index in [0.717, 1.165) is 12.8 Å². The van der Waals surface area contributed by atoms with Gasteiger partial charge in [-0.15, -0.1) is 0 Å². The van der Waals surface area contributed by atoms with E-state index in [9.17, 15) is 9.59 Å². The minimum absolute atomic E-state index is 0.0416. The molecular formula is C15H19NO4. The van der Waals surface area contributed by atoms with Gasteiger partial charge < -0.3 is 14.7 Å². The second-order valence-electron chi connectivity index (χ2n) is 5.06. The molecule has 5 nitrogen and oxygen atoms in total. The number of hydrogen-bond acceptors (Lipinski definition) is 3. The lowest BCUT2D eigenvalue weighted by atomic mass is 9.94. The summed E-state index contributed by atoms with van der Waals surface area (Å²) in [5.41, 5.74) is 0.533. The monoisotopic (exact) mass is 277 g/mol. The van der Waals surface area contributed by atoms with Crippen molar-refractivity contribution in [1.29, 1.82) is 0 Å². The zero-order valence-electron chi connectivity index (χ0n) is 11.5. The highest BCUT2D eigenvalue weighted by Gasteiger charge is 2.27. The van der Waals surface area contributed by atoms with Gasteiger partial charge in [-0.25, -0.2) is 0 Å². The maximum absolute atomic E-state index is 12.5. The normalized spacial score (nSPS) is 18.6. The molecule has 2 rings (SSSR count). The summed E-state index contributed by atoms with van der Waals surface area (Å²) in [4.78, 5) is 25.0. The van der Waals surface area contributed by atoms with Crippen LogP contribution in [0.3, 0.4) is 0 Å². The first-order valence-corrected chi connectivity index (χ1v) is 6.76. The average Bonchev–Trinajstić information content (AvgIpc) is 2.46. The van der Waals surface area contributed by atoms with Gasteiger partial charge in [-0.1, -0.05) is 12.1 Å². The number of hydrogen-bond donors (Lipinski definition) is 1. The predicted molar refractivity (Wildman–Crippen MR) is 73.9 cm³/mol. The van der Waals surface area contributed by atoms with Crippen molar-refractivity contribution in [2.75, 3.05) is 20.2 Å². The molecule has 1 aliphatic heterocycles. The first kappa shape index (κ1) is 14.4. The van der Waals surface area contributed by atoms with E-state index in [0.29, 0.717) is 24.4 Å². The van der Waals surface area contributed by atoms with Crippen LogP contribution in [-0.2, 0) is 4.79 Å². The number of carboxylic acids is 1. The molecule has 1 amide bonds. The molecule has 0 aliphatic carbocycles. The number of carbonyl (C=O) groups is 2. The number of piperidine rings is 1. The summed E-state index contributed by atoms with van der Waals surface area (Å²) < 4.78 is 5.21. The van der Waals surface area contributed by atoms with Crippen LogP contribution in [-0.4, -0.2) is 42.1 Å². The van der Waals surface area contributed by atoms with Gasteiger partial charge in [0.05, 0.1) is 12.7 Å². The van der Waals surface area contributed by atoms with Crippen LogP contribution in [0.15, 0.2) is 24.3 Å². The molecule has 1 N–H and O–H groups in total. The van der Waals surface area contributed by atoms with Gasteiger partial charge in [-0.05, 0) is 30.9 Å². The van der Waals surface area contributed by atoms with Crippen molar-refractivity contribution in [1.82, 2.24) is 4.90 Å². The smallest absolute Gasteiger partial charge is 0.303 e. The van der Waals surface area contributed by atoms with Gasteiger partial charge in [0.25, 0.3) is 5.91 Å². The molecule has 108 valence electrons. The Balaban J connectivity index is 2.10. The van der Waals surface area contributed by atoms with Gasteiger partial charge in [-0.2, -0.15) is 0 Å². The van der Waals surface area contributed by atoms with E-state index in [1.54, 1.807) is 23.1 Å². The number of aliphatic carboxylic acids is 1. The molecule has 1 aromatic carbocycles. The van der Waals surface area contributed by atoms with Gasteiger partial charge in [0.15, 0.2) is 0 Å². The molecule has 1 atom stereocenters. The highest BCUT2D eigenvalue weighted by Crippen LogP contribution is 2.24. The van der Waals surface area contributed by atoms with Crippen LogP contribution in [0, 0.1) is 5.92 Å². The largest absolute Gasteiger partial charge is 0.496 e. The van der Waals surface area contributed by atoms with Crippen LogP contribution < -0.4 is 4.74 Å². The molecule has 1 fully saturated rings. The number of likely N-dealkylation sites (tertiary alicyclic amines) is 1. The molecule has 1 unspecified atom stereocenters. The minimum atomic E-state index is -0.804. The predicted octanol–water partition coefficient (Wildman–Crippen LogP) is 2.02. The van der Waals surface area contributed by atoms with E-state index in [4.69, 9.17) is 9.84 Å². The summed E-state index contributed by atoms with van der Waals surface area (Å²) in [5, 5.41) is 8.87. The number of rotatable bonds is 4. The Morgan fingerprint density at radius 2 is 2.15 bits per heavy atom. The average molecular weight is 277 g/mol. The zero-order valence-corrected chi connectivity index (χ0v) is 11.5. The van der Waals surface area contributed by atoms with Gasteiger partial charge in [0, 0.05) is 19.5 Å². The fourth-order valence-electron chi connectivity index (χ4n) is 2.65. The molecule has 1 aromatic rings. The number of para-hydroxylation sites is 1. The van der Waals surface area contributed by atoms with Crippen molar-refractivity contribution in [2.24, 2.45) is 5.92 Å². The Morgan fingerprint density at radius 1 is 1.40 bits per heavy atom. The highest BCUT2D eigenvalue weighted by molar-refractivity contribution is 5.97. The molecule has 1 aliphatic rings. The van der Waals surface area contributed by atoms with E-state index in [-0.39, 0.29) is 18.2 Å². The zero-order chi connectivity index (χ0) is 14.5. The molecular weight excluding hydrogens is 258 g/mol. The third kappa shape index (κ3) is 3.29. The van der Waals surface area contributed by atoms with Gasteiger partial charge in [-0.3, -0.25) is 9.59 Å². The summed E-state index contributed by atoms with van der Waals surface area (Å²) in [6.45, 7) is 1.18. The van der Waals surface area contributed by atoms with Gasteiger partial charge >= 0.3 is 5.97 Å². The Kier molecular flexibility index (Phi) is 4.61. The molecule has 0 aromatic heterocycles. The van der Waals surface area contributed by atoms with Gasteiger partial charge in [0.2, 0.25) is 0 Å². The van der Waals surface area contributed by atoms with Crippen molar-refractivity contribution in [3.05, 3.63) is 29.8 Å². The molecule has 5 heteroatoms. The van der Waals surface area contributed by atoms with Crippen LogP contribution in [0.1, 0.15) is 29.6 Å². The topological polar surface area (TPSA) is 66.8 Å². The number of carboxylic acid groups (broad SMARTS) is 1.